The summed E-state index contributed by atoms with van der Waals surface area (Å²) in [5.74, 6) is -0.184. The van der Waals surface area contributed by atoms with Crippen LogP contribution in [0.3, 0.4) is 0 Å². The highest BCUT2D eigenvalue weighted by atomic mass is 35.5. The first kappa shape index (κ1) is 23.6. The van der Waals surface area contributed by atoms with Gasteiger partial charge in [-0.3, -0.25) is 9.80 Å². The lowest BCUT2D eigenvalue weighted by molar-refractivity contribution is -0.131. The maximum atomic E-state index is 12.6. The van der Waals surface area contributed by atoms with Gasteiger partial charge in [-0.2, -0.15) is 0 Å². The Labute approximate surface area is 212 Å². The third kappa shape index (κ3) is 4.68. The Morgan fingerprint density at radius 2 is 1.89 bits per heavy atom. The molecule has 182 valence electrons. The van der Waals surface area contributed by atoms with Gasteiger partial charge in [-0.1, -0.05) is 54.1 Å². The summed E-state index contributed by atoms with van der Waals surface area (Å²) >= 11 is 6.58. The number of hydrazine groups is 1. The predicted molar refractivity (Wildman–Crippen MR) is 138 cm³/mol. The van der Waals surface area contributed by atoms with Crippen molar-refractivity contribution in [2.24, 2.45) is 0 Å². The molecule has 5 rings (SSSR count). The van der Waals surface area contributed by atoms with E-state index in [1.807, 2.05) is 53.1 Å². The van der Waals surface area contributed by atoms with Crippen LogP contribution in [0, 0.1) is 0 Å². The Kier molecular flexibility index (Phi) is 6.45. The van der Waals surface area contributed by atoms with Crippen LogP contribution in [0.15, 0.2) is 78.9 Å². The topological polar surface area (TPSA) is 102 Å². The first-order valence-corrected chi connectivity index (χ1v) is 11.7. The van der Waals surface area contributed by atoms with Crippen molar-refractivity contribution in [1.29, 1.82) is 0 Å². The van der Waals surface area contributed by atoms with E-state index in [0.29, 0.717) is 23.1 Å². The SMILES string of the molecule is COC(=O)c1cccc(CN2NC(c3cc(Cn4c(N)nc5ccccc54)ccc3Cl)C=CC2=O)c1. The van der Waals surface area contributed by atoms with Crippen LogP contribution in [0.2, 0.25) is 5.02 Å². The average molecular weight is 502 g/mol. The van der Waals surface area contributed by atoms with E-state index >= 15 is 0 Å². The molecular formula is C27H24ClN5O3. The minimum absolute atomic E-state index is 0.195. The third-order valence-corrected chi connectivity index (χ3v) is 6.45. The van der Waals surface area contributed by atoms with Crippen LogP contribution < -0.4 is 11.2 Å². The molecule has 8 nitrogen and oxygen atoms in total. The Bertz CT molecular complexity index is 1500. The van der Waals surface area contributed by atoms with Crippen LogP contribution in [0.1, 0.15) is 33.1 Å². The number of aromatic nitrogens is 2. The van der Waals surface area contributed by atoms with E-state index in [1.165, 1.54) is 18.2 Å². The second-order valence-electron chi connectivity index (χ2n) is 8.48. The number of para-hydroxylation sites is 2. The molecule has 36 heavy (non-hydrogen) atoms. The maximum absolute atomic E-state index is 12.6. The normalized spacial score (nSPS) is 15.4. The molecule has 0 saturated carbocycles. The molecule has 1 unspecified atom stereocenters. The molecule has 1 amide bonds. The third-order valence-electron chi connectivity index (χ3n) is 6.10. The standard InChI is InChI=1S/C27H24ClN5O3/c1-36-26(35)19-6-4-5-17(13-19)16-33-25(34)12-11-22(31-33)20-14-18(9-10-21(20)28)15-32-24-8-3-2-7-23(24)30-27(32)29/h2-14,22,31H,15-16H2,1H3,(H2,29,30). The van der Waals surface area contributed by atoms with Crippen LogP contribution in [0.25, 0.3) is 11.0 Å². The summed E-state index contributed by atoms with van der Waals surface area (Å²) < 4.78 is 6.75. The molecule has 3 aromatic carbocycles. The highest BCUT2D eigenvalue weighted by Crippen LogP contribution is 2.29. The summed E-state index contributed by atoms with van der Waals surface area (Å²) in [5.41, 5.74) is 14.3. The number of carbonyl (C=O) groups excluding carboxylic acids is 2. The molecule has 1 aromatic heterocycles. The summed E-state index contributed by atoms with van der Waals surface area (Å²) in [6.07, 6.45) is 3.31. The fourth-order valence-corrected chi connectivity index (χ4v) is 4.54. The number of hydrogen-bond acceptors (Lipinski definition) is 6. The van der Waals surface area contributed by atoms with E-state index < -0.39 is 5.97 Å². The molecular weight excluding hydrogens is 478 g/mol. The molecule has 1 aliphatic rings. The van der Waals surface area contributed by atoms with E-state index in [2.05, 4.69) is 10.4 Å². The van der Waals surface area contributed by atoms with Crippen molar-refractivity contribution in [2.75, 3.05) is 12.8 Å². The predicted octanol–water partition coefficient (Wildman–Crippen LogP) is 4.25. The van der Waals surface area contributed by atoms with Crippen LogP contribution in [0.4, 0.5) is 5.95 Å². The number of esters is 1. The van der Waals surface area contributed by atoms with Crippen LogP contribution in [0.5, 0.6) is 0 Å². The lowest BCUT2D eigenvalue weighted by Crippen LogP contribution is -2.45. The van der Waals surface area contributed by atoms with Gasteiger partial charge in [0, 0.05) is 11.1 Å². The van der Waals surface area contributed by atoms with Crippen LogP contribution in [-0.4, -0.2) is 33.5 Å². The second-order valence-corrected chi connectivity index (χ2v) is 8.89. The number of benzene rings is 3. The van der Waals surface area contributed by atoms with Gasteiger partial charge in [-0.25, -0.2) is 15.2 Å². The highest BCUT2D eigenvalue weighted by molar-refractivity contribution is 6.31. The molecule has 4 aromatic rings. The van der Waals surface area contributed by atoms with Gasteiger partial charge >= 0.3 is 5.97 Å². The van der Waals surface area contributed by atoms with Gasteiger partial charge in [-0.15, -0.1) is 0 Å². The fraction of sp³-hybridized carbons (Fsp3) is 0.148. The summed E-state index contributed by atoms with van der Waals surface area (Å²) in [5, 5.41) is 2.08. The van der Waals surface area contributed by atoms with E-state index in [9.17, 15) is 9.59 Å². The van der Waals surface area contributed by atoms with Crippen molar-refractivity contribution in [1.82, 2.24) is 20.0 Å². The summed E-state index contributed by atoms with van der Waals surface area (Å²) in [6, 6.07) is 20.3. The quantitative estimate of drug-likeness (QED) is 0.383. The number of methoxy groups -OCH3 is 1. The number of rotatable bonds is 6. The zero-order valence-electron chi connectivity index (χ0n) is 19.5. The van der Waals surface area contributed by atoms with Gasteiger partial charge in [0.05, 0.1) is 42.8 Å². The molecule has 1 atom stereocenters. The van der Waals surface area contributed by atoms with Crippen molar-refractivity contribution < 1.29 is 14.3 Å². The number of halogens is 1. The monoisotopic (exact) mass is 501 g/mol. The number of carbonyl (C=O) groups is 2. The van der Waals surface area contributed by atoms with E-state index in [1.54, 1.807) is 24.3 Å². The molecule has 0 aliphatic carbocycles. The zero-order valence-corrected chi connectivity index (χ0v) is 20.3. The van der Waals surface area contributed by atoms with Gasteiger partial charge in [0.1, 0.15) is 0 Å². The number of amides is 1. The molecule has 0 saturated heterocycles. The number of imidazole rings is 1. The van der Waals surface area contributed by atoms with Crippen molar-refractivity contribution in [3.05, 3.63) is 106 Å². The molecule has 0 radical (unpaired) electrons. The van der Waals surface area contributed by atoms with Gasteiger partial charge in [0.15, 0.2) is 0 Å². The van der Waals surface area contributed by atoms with Gasteiger partial charge in [0.2, 0.25) is 5.95 Å². The summed E-state index contributed by atoms with van der Waals surface area (Å²) in [7, 11) is 1.33. The number of nitrogens with two attached hydrogens (primary N) is 1. The van der Waals surface area contributed by atoms with Gasteiger partial charge < -0.3 is 15.0 Å². The lowest BCUT2D eigenvalue weighted by atomic mass is 10.0. The lowest BCUT2D eigenvalue weighted by Gasteiger charge is -2.31. The molecule has 2 heterocycles. The first-order valence-electron chi connectivity index (χ1n) is 11.3. The number of nitrogen functional groups attached to an aromatic ring is 1. The Morgan fingerprint density at radius 1 is 1.08 bits per heavy atom. The van der Waals surface area contributed by atoms with Crippen LogP contribution in [-0.2, 0) is 22.6 Å². The summed E-state index contributed by atoms with van der Waals surface area (Å²) in [4.78, 5) is 28.9. The maximum Gasteiger partial charge on any atom is 0.337 e. The Balaban J connectivity index is 1.38. The van der Waals surface area contributed by atoms with E-state index in [0.717, 1.165) is 27.7 Å². The Hall–Kier alpha value is -4.14. The van der Waals surface area contributed by atoms with Crippen molar-refractivity contribution in [3.8, 4) is 0 Å². The van der Waals surface area contributed by atoms with Gasteiger partial charge in [0.25, 0.3) is 5.91 Å². The first-order chi connectivity index (χ1) is 17.4. The molecule has 9 heteroatoms. The smallest absolute Gasteiger partial charge is 0.337 e. The minimum atomic E-state index is -0.428. The molecule has 0 fully saturated rings. The van der Waals surface area contributed by atoms with E-state index in [4.69, 9.17) is 22.1 Å². The second kappa shape index (κ2) is 9.85. The molecule has 1 aliphatic heterocycles. The van der Waals surface area contributed by atoms with Crippen molar-refractivity contribution in [3.63, 3.8) is 0 Å². The van der Waals surface area contributed by atoms with Crippen molar-refractivity contribution in [2.45, 2.75) is 19.1 Å². The number of nitrogens with one attached hydrogen (secondary N) is 1. The highest BCUT2D eigenvalue weighted by Gasteiger charge is 2.24. The summed E-state index contributed by atoms with van der Waals surface area (Å²) in [6.45, 7) is 0.787. The van der Waals surface area contributed by atoms with E-state index in [-0.39, 0.29) is 18.5 Å². The number of fused-ring (bicyclic) bond motifs is 1. The largest absolute Gasteiger partial charge is 0.465 e. The number of ether oxygens (including phenoxy) is 1. The van der Waals surface area contributed by atoms with Gasteiger partial charge in [-0.05, 0) is 47.0 Å². The average Bonchev–Trinajstić information content (AvgIpc) is 3.21. The molecule has 0 bridgehead atoms. The fourth-order valence-electron chi connectivity index (χ4n) is 4.31. The molecule has 0 spiro atoms. The van der Waals surface area contributed by atoms with Crippen LogP contribution >= 0.6 is 11.6 Å². The number of nitrogens with zero attached hydrogens (tertiary/aromatic N) is 3. The molecule has 3 N–H and O–H groups in total. The zero-order chi connectivity index (χ0) is 25.2. The minimum Gasteiger partial charge on any atom is -0.465 e. The Morgan fingerprint density at radius 3 is 2.72 bits per heavy atom. The number of hydrogen-bond donors (Lipinski definition) is 2. The van der Waals surface area contributed by atoms with Crippen molar-refractivity contribution >= 4 is 40.5 Å². The number of anilines is 1.